The van der Waals surface area contributed by atoms with Gasteiger partial charge in [0.05, 0.1) is 0 Å². The minimum atomic E-state index is -0.326. The van der Waals surface area contributed by atoms with E-state index in [4.69, 9.17) is 4.74 Å². The minimum Gasteiger partial charge on any atom is -0.487 e. The van der Waals surface area contributed by atoms with E-state index in [9.17, 15) is 4.39 Å². The summed E-state index contributed by atoms with van der Waals surface area (Å²) in [6, 6.07) is 4.58. The Balaban J connectivity index is 2.07. The van der Waals surface area contributed by atoms with Gasteiger partial charge in [-0.2, -0.15) is 0 Å². The van der Waals surface area contributed by atoms with Gasteiger partial charge in [-0.15, -0.1) is 0 Å². The molecular formula is C12H14FN3O2. The van der Waals surface area contributed by atoms with Crippen molar-refractivity contribution >= 4 is 0 Å². The Hall–Kier alpha value is -1.95. The largest absolute Gasteiger partial charge is 0.487 e. The summed E-state index contributed by atoms with van der Waals surface area (Å²) in [6.45, 7) is 2.56. The highest BCUT2D eigenvalue weighted by atomic mass is 19.1. The fourth-order valence-corrected chi connectivity index (χ4v) is 1.54. The van der Waals surface area contributed by atoms with Gasteiger partial charge in [-0.25, -0.2) is 9.02 Å². The molecule has 1 aromatic heterocycles. The number of halogens is 1. The molecule has 5 nitrogen and oxygen atoms in total. The van der Waals surface area contributed by atoms with Crippen LogP contribution in [0.2, 0.25) is 0 Å². The van der Waals surface area contributed by atoms with Crippen molar-refractivity contribution < 1.29 is 13.8 Å². The molecule has 1 N–H and O–H groups in total. The Morgan fingerprint density at radius 3 is 2.83 bits per heavy atom. The molecule has 0 aliphatic rings. The van der Waals surface area contributed by atoms with Crippen LogP contribution in [0.1, 0.15) is 17.0 Å². The molecule has 0 radical (unpaired) electrons. The van der Waals surface area contributed by atoms with E-state index in [2.05, 4.69) is 20.3 Å². The van der Waals surface area contributed by atoms with Crippen LogP contribution < -0.4 is 10.1 Å². The molecule has 0 amide bonds. The van der Waals surface area contributed by atoms with Crippen molar-refractivity contribution in [1.29, 1.82) is 0 Å². The summed E-state index contributed by atoms with van der Waals surface area (Å²) in [5.41, 5.74) is 2.10. The van der Waals surface area contributed by atoms with Crippen molar-refractivity contribution in [3.05, 3.63) is 41.0 Å². The fraction of sp³-hybridized carbons (Fsp3) is 0.333. The number of ether oxygens (including phenoxy) is 1. The first kappa shape index (κ1) is 12.5. The topological polar surface area (TPSA) is 60.2 Å². The summed E-state index contributed by atoms with van der Waals surface area (Å²) in [4.78, 5) is 0. The maximum atomic E-state index is 13.3. The molecule has 1 heterocycles. The molecule has 0 aliphatic carbocycles. The highest BCUT2D eigenvalue weighted by molar-refractivity contribution is 5.29. The Kier molecular flexibility index (Phi) is 3.88. The van der Waals surface area contributed by atoms with E-state index in [1.807, 2.05) is 0 Å². The second kappa shape index (κ2) is 5.59. The number of aromatic nitrogens is 2. The van der Waals surface area contributed by atoms with Crippen LogP contribution in [-0.2, 0) is 13.2 Å². The Labute approximate surface area is 104 Å². The summed E-state index contributed by atoms with van der Waals surface area (Å²) < 4.78 is 23.4. The molecule has 96 valence electrons. The summed E-state index contributed by atoms with van der Waals surface area (Å²) in [5.74, 6) is 0.135. The van der Waals surface area contributed by atoms with Crippen LogP contribution >= 0.6 is 0 Å². The molecule has 2 rings (SSSR count). The van der Waals surface area contributed by atoms with Crippen molar-refractivity contribution in [2.45, 2.75) is 20.1 Å². The smallest absolute Gasteiger partial charge is 0.145 e. The maximum absolute atomic E-state index is 13.3. The van der Waals surface area contributed by atoms with Gasteiger partial charge < -0.3 is 10.1 Å². The first-order valence-corrected chi connectivity index (χ1v) is 5.54. The normalized spacial score (nSPS) is 10.6. The fourth-order valence-electron chi connectivity index (χ4n) is 1.54. The standard InChI is InChI=1S/C12H14FN3O2/c1-8-12(16-18-15-8)7-17-11-4-9(6-14-2)3-10(13)5-11/h3-5,14H,6-7H2,1-2H3. The summed E-state index contributed by atoms with van der Waals surface area (Å²) in [7, 11) is 1.80. The van der Waals surface area contributed by atoms with E-state index >= 15 is 0 Å². The molecule has 0 saturated carbocycles. The van der Waals surface area contributed by atoms with E-state index in [0.29, 0.717) is 23.7 Å². The van der Waals surface area contributed by atoms with Gasteiger partial charge in [0.2, 0.25) is 0 Å². The maximum Gasteiger partial charge on any atom is 0.145 e. The van der Waals surface area contributed by atoms with Crippen LogP contribution in [0.25, 0.3) is 0 Å². The first-order chi connectivity index (χ1) is 8.69. The Morgan fingerprint density at radius 1 is 1.33 bits per heavy atom. The van der Waals surface area contributed by atoms with Crippen molar-refractivity contribution in [2.24, 2.45) is 0 Å². The van der Waals surface area contributed by atoms with Gasteiger partial charge >= 0.3 is 0 Å². The molecule has 6 heteroatoms. The van der Waals surface area contributed by atoms with Crippen molar-refractivity contribution in [3.8, 4) is 5.75 Å². The average Bonchev–Trinajstić information content (AvgIpc) is 2.72. The quantitative estimate of drug-likeness (QED) is 0.878. The number of rotatable bonds is 5. The minimum absolute atomic E-state index is 0.206. The summed E-state index contributed by atoms with van der Waals surface area (Å²) in [6.07, 6.45) is 0. The lowest BCUT2D eigenvalue weighted by molar-refractivity contribution is 0.269. The van der Waals surface area contributed by atoms with E-state index in [-0.39, 0.29) is 12.4 Å². The first-order valence-electron chi connectivity index (χ1n) is 5.54. The van der Waals surface area contributed by atoms with Crippen LogP contribution in [0.3, 0.4) is 0 Å². The lowest BCUT2D eigenvalue weighted by Crippen LogP contribution is -2.06. The zero-order valence-corrected chi connectivity index (χ0v) is 10.2. The number of nitrogens with zero attached hydrogens (tertiary/aromatic N) is 2. The third-order valence-electron chi connectivity index (χ3n) is 2.43. The van der Waals surface area contributed by atoms with Gasteiger partial charge in [0.25, 0.3) is 0 Å². The zero-order valence-electron chi connectivity index (χ0n) is 10.2. The number of nitrogens with one attached hydrogen (secondary N) is 1. The molecular weight excluding hydrogens is 237 g/mol. The van der Waals surface area contributed by atoms with Crippen LogP contribution in [-0.4, -0.2) is 17.4 Å². The van der Waals surface area contributed by atoms with Gasteiger partial charge in [-0.05, 0) is 31.7 Å². The highest BCUT2D eigenvalue weighted by Gasteiger charge is 2.07. The number of aryl methyl sites for hydroxylation is 1. The number of benzene rings is 1. The second-order valence-corrected chi connectivity index (χ2v) is 3.91. The molecule has 2 aromatic rings. The Morgan fingerprint density at radius 2 is 2.17 bits per heavy atom. The Bertz CT molecular complexity index is 528. The van der Waals surface area contributed by atoms with Crippen LogP contribution in [0.4, 0.5) is 4.39 Å². The predicted molar refractivity (Wildman–Crippen MR) is 62.5 cm³/mol. The lowest BCUT2D eigenvalue weighted by Gasteiger charge is -2.07. The van der Waals surface area contributed by atoms with E-state index in [1.54, 1.807) is 20.0 Å². The van der Waals surface area contributed by atoms with Gasteiger partial charge in [-0.3, -0.25) is 0 Å². The third kappa shape index (κ3) is 3.04. The van der Waals surface area contributed by atoms with E-state index < -0.39 is 0 Å². The molecule has 0 fully saturated rings. The average molecular weight is 251 g/mol. The summed E-state index contributed by atoms with van der Waals surface area (Å²) >= 11 is 0. The van der Waals surface area contributed by atoms with Crippen LogP contribution in [0, 0.1) is 12.7 Å². The molecule has 0 aliphatic heterocycles. The van der Waals surface area contributed by atoms with Gasteiger partial charge in [0, 0.05) is 12.6 Å². The molecule has 0 atom stereocenters. The van der Waals surface area contributed by atoms with Crippen LogP contribution in [0.5, 0.6) is 5.75 Å². The second-order valence-electron chi connectivity index (χ2n) is 3.91. The van der Waals surface area contributed by atoms with E-state index in [0.717, 1.165) is 5.56 Å². The van der Waals surface area contributed by atoms with Crippen molar-refractivity contribution in [2.75, 3.05) is 7.05 Å². The molecule has 0 spiro atoms. The predicted octanol–water partition coefficient (Wildman–Crippen LogP) is 1.82. The summed E-state index contributed by atoms with van der Waals surface area (Å²) in [5, 5.41) is 10.3. The van der Waals surface area contributed by atoms with Gasteiger partial charge in [-0.1, -0.05) is 10.3 Å². The van der Waals surface area contributed by atoms with Gasteiger partial charge in [0.1, 0.15) is 29.6 Å². The zero-order chi connectivity index (χ0) is 13.0. The van der Waals surface area contributed by atoms with E-state index in [1.165, 1.54) is 12.1 Å². The number of hydrogen-bond donors (Lipinski definition) is 1. The van der Waals surface area contributed by atoms with Crippen molar-refractivity contribution in [3.63, 3.8) is 0 Å². The molecule has 0 saturated heterocycles. The van der Waals surface area contributed by atoms with Gasteiger partial charge in [0.15, 0.2) is 0 Å². The highest BCUT2D eigenvalue weighted by Crippen LogP contribution is 2.18. The molecule has 0 bridgehead atoms. The molecule has 18 heavy (non-hydrogen) atoms. The number of hydrogen-bond acceptors (Lipinski definition) is 5. The lowest BCUT2D eigenvalue weighted by atomic mass is 10.2. The third-order valence-corrected chi connectivity index (χ3v) is 2.43. The van der Waals surface area contributed by atoms with Crippen LogP contribution in [0.15, 0.2) is 22.8 Å². The monoisotopic (exact) mass is 251 g/mol. The van der Waals surface area contributed by atoms with Crippen molar-refractivity contribution in [1.82, 2.24) is 15.6 Å². The SMILES string of the molecule is CNCc1cc(F)cc(OCc2nonc2C)c1. The molecule has 1 aromatic carbocycles. The molecule has 0 unspecified atom stereocenters.